The zero-order valence-electron chi connectivity index (χ0n) is 11.8. The standard InChI is InChI=1S/C16H18F3NO/c1-15(21,16(17,18)19)13-9-20-14-8-11-6-4-2-3-5-10(11)7-12(13)14/h7-9,20-21H,2-6H2,1H3. The molecule has 2 nitrogen and oxygen atoms in total. The van der Waals surface area contributed by atoms with Gasteiger partial charge >= 0.3 is 6.18 Å². The minimum Gasteiger partial charge on any atom is -0.376 e. The molecule has 2 N–H and O–H groups in total. The van der Waals surface area contributed by atoms with Crippen LogP contribution in [-0.2, 0) is 18.4 Å². The zero-order chi connectivity index (χ0) is 15.3. The maximum Gasteiger partial charge on any atom is 0.421 e. The number of aryl methyl sites for hydroxylation is 2. The molecule has 0 bridgehead atoms. The Labute approximate surface area is 121 Å². The molecule has 1 aromatic carbocycles. The Kier molecular flexibility index (Phi) is 3.28. The molecule has 1 unspecified atom stereocenters. The summed E-state index contributed by atoms with van der Waals surface area (Å²) < 4.78 is 39.2. The molecule has 1 aromatic heterocycles. The number of halogens is 3. The second-order valence-electron chi connectivity index (χ2n) is 6.00. The molecule has 1 aliphatic carbocycles. The third-order valence-electron chi connectivity index (χ3n) is 4.47. The Morgan fingerprint density at radius 1 is 1.05 bits per heavy atom. The van der Waals surface area contributed by atoms with Crippen LogP contribution in [0.25, 0.3) is 10.9 Å². The quantitative estimate of drug-likeness (QED) is 0.760. The molecule has 0 saturated heterocycles. The molecule has 0 fully saturated rings. The molecular weight excluding hydrogens is 279 g/mol. The molecular formula is C16H18F3NO. The highest BCUT2D eigenvalue weighted by molar-refractivity contribution is 5.86. The van der Waals surface area contributed by atoms with Crippen molar-refractivity contribution in [3.05, 3.63) is 35.0 Å². The number of rotatable bonds is 1. The van der Waals surface area contributed by atoms with Gasteiger partial charge in [-0.05, 0) is 55.9 Å². The van der Waals surface area contributed by atoms with Gasteiger partial charge in [0.15, 0.2) is 5.60 Å². The molecule has 0 aliphatic heterocycles. The number of fused-ring (bicyclic) bond motifs is 2. The number of hydrogen-bond donors (Lipinski definition) is 2. The monoisotopic (exact) mass is 297 g/mol. The van der Waals surface area contributed by atoms with E-state index in [0.29, 0.717) is 10.9 Å². The molecule has 0 amide bonds. The van der Waals surface area contributed by atoms with Crippen LogP contribution < -0.4 is 0 Å². The number of H-pyrrole nitrogens is 1. The first-order valence-corrected chi connectivity index (χ1v) is 7.23. The predicted octanol–water partition coefficient (Wildman–Crippen LogP) is 4.21. The highest BCUT2D eigenvalue weighted by atomic mass is 19.4. The van der Waals surface area contributed by atoms with Gasteiger partial charge in [0.25, 0.3) is 0 Å². The van der Waals surface area contributed by atoms with Gasteiger partial charge in [0.2, 0.25) is 0 Å². The largest absolute Gasteiger partial charge is 0.421 e. The van der Waals surface area contributed by atoms with Crippen molar-refractivity contribution in [1.82, 2.24) is 4.98 Å². The van der Waals surface area contributed by atoms with E-state index < -0.39 is 11.8 Å². The molecule has 0 spiro atoms. The Hall–Kier alpha value is -1.49. The highest BCUT2D eigenvalue weighted by Gasteiger charge is 2.52. The smallest absolute Gasteiger partial charge is 0.376 e. The number of aliphatic hydroxyl groups is 1. The summed E-state index contributed by atoms with van der Waals surface area (Å²) in [5, 5.41) is 10.4. The summed E-state index contributed by atoms with van der Waals surface area (Å²) in [6, 6.07) is 3.76. The van der Waals surface area contributed by atoms with Crippen molar-refractivity contribution in [3.8, 4) is 0 Å². The van der Waals surface area contributed by atoms with Crippen molar-refractivity contribution < 1.29 is 18.3 Å². The van der Waals surface area contributed by atoms with Gasteiger partial charge in [-0.3, -0.25) is 0 Å². The van der Waals surface area contributed by atoms with Gasteiger partial charge < -0.3 is 10.1 Å². The Morgan fingerprint density at radius 3 is 2.29 bits per heavy atom. The van der Waals surface area contributed by atoms with Gasteiger partial charge in [0, 0.05) is 22.7 Å². The van der Waals surface area contributed by atoms with Gasteiger partial charge in [-0.2, -0.15) is 13.2 Å². The molecule has 3 rings (SSSR count). The SMILES string of the molecule is CC(O)(c1c[nH]c2cc3c(cc12)CCCCC3)C(F)(F)F. The fraction of sp³-hybridized carbons (Fsp3) is 0.500. The molecule has 1 heterocycles. The number of hydrogen-bond acceptors (Lipinski definition) is 1. The number of aromatic nitrogens is 1. The summed E-state index contributed by atoms with van der Waals surface area (Å²) in [6.07, 6.45) is 1.77. The first-order chi connectivity index (χ1) is 9.80. The first kappa shape index (κ1) is 14.4. The van der Waals surface area contributed by atoms with E-state index in [9.17, 15) is 18.3 Å². The van der Waals surface area contributed by atoms with Crippen molar-refractivity contribution in [2.75, 3.05) is 0 Å². The van der Waals surface area contributed by atoms with E-state index in [1.54, 1.807) is 0 Å². The lowest BCUT2D eigenvalue weighted by Gasteiger charge is -2.26. The van der Waals surface area contributed by atoms with Gasteiger partial charge in [-0.25, -0.2) is 0 Å². The summed E-state index contributed by atoms with van der Waals surface area (Å²) >= 11 is 0. The third kappa shape index (κ3) is 2.33. The van der Waals surface area contributed by atoms with Crippen LogP contribution in [0.1, 0.15) is 42.9 Å². The normalized spacial score (nSPS) is 19.1. The van der Waals surface area contributed by atoms with Crippen molar-refractivity contribution in [1.29, 1.82) is 0 Å². The topological polar surface area (TPSA) is 36.0 Å². The molecule has 1 atom stereocenters. The van der Waals surface area contributed by atoms with E-state index in [2.05, 4.69) is 4.98 Å². The fourth-order valence-electron chi connectivity index (χ4n) is 3.09. The van der Waals surface area contributed by atoms with E-state index in [1.807, 2.05) is 12.1 Å². The lowest BCUT2D eigenvalue weighted by molar-refractivity contribution is -0.258. The number of aromatic amines is 1. The Morgan fingerprint density at radius 2 is 1.67 bits per heavy atom. The van der Waals surface area contributed by atoms with Gasteiger partial charge in [0.05, 0.1) is 0 Å². The summed E-state index contributed by atoms with van der Waals surface area (Å²) in [6.45, 7) is 0.807. The molecule has 5 heteroatoms. The molecule has 114 valence electrons. The Bertz CT molecular complexity index is 670. The summed E-state index contributed by atoms with van der Waals surface area (Å²) in [5.74, 6) is 0. The second-order valence-corrected chi connectivity index (χ2v) is 6.00. The van der Waals surface area contributed by atoms with Crippen LogP contribution in [0.3, 0.4) is 0 Å². The molecule has 0 saturated carbocycles. The fourth-order valence-corrected chi connectivity index (χ4v) is 3.09. The van der Waals surface area contributed by atoms with Gasteiger partial charge in [-0.1, -0.05) is 6.42 Å². The van der Waals surface area contributed by atoms with Crippen LogP contribution in [0, 0.1) is 0 Å². The average molecular weight is 297 g/mol. The molecule has 1 aliphatic rings. The first-order valence-electron chi connectivity index (χ1n) is 7.23. The molecule has 2 aromatic rings. The van der Waals surface area contributed by atoms with Crippen LogP contribution in [-0.4, -0.2) is 16.3 Å². The van der Waals surface area contributed by atoms with Crippen molar-refractivity contribution in [2.45, 2.75) is 50.8 Å². The average Bonchev–Trinajstić information content (AvgIpc) is 2.66. The van der Waals surface area contributed by atoms with Crippen LogP contribution in [0.15, 0.2) is 18.3 Å². The molecule has 21 heavy (non-hydrogen) atoms. The lowest BCUT2D eigenvalue weighted by atomic mass is 9.92. The van der Waals surface area contributed by atoms with E-state index in [0.717, 1.165) is 44.6 Å². The van der Waals surface area contributed by atoms with E-state index >= 15 is 0 Å². The third-order valence-corrected chi connectivity index (χ3v) is 4.47. The minimum absolute atomic E-state index is 0.1000. The van der Waals surface area contributed by atoms with E-state index in [1.165, 1.54) is 11.8 Å². The maximum atomic E-state index is 13.1. The highest BCUT2D eigenvalue weighted by Crippen LogP contribution is 2.42. The summed E-state index contributed by atoms with van der Waals surface area (Å²) in [7, 11) is 0. The van der Waals surface area contributed by atoms with Crippen LogP contribution in [0.4, 0.5) is 13.2 Å². The van der Waals surface area contributed by atoms with E-state index in [4.69, 9.17) is 0 Å². The lowest BCUT2D eigenvalue weighted by Crippen LogP contribution is -2.39. The van der Waals surface area contributed by atoms with Crippen molar-refractivity contribution in [2.24, 2.45) is 0 Å². The Balaban J connectivity index is 2.16. The predicted molar refractivity (Wildman–Crippen MR) is 75.2 cm³/mol. The summed E-state index contributed by atoms with van der Waals surface area (Å²) in [5.41, 5.74) is 0.0376. The van der Waals surface area contributed by atoms with Crippen molar-refractivity contribution >= 4 is 10.9 Å². The minimum atomic E-state index is -4.70. The number of benzene rings is 1. The van der Waals surface area contributed by atoms with Crippen molar-refractivity contribution in [3.63, 3.8) is 0 Å². The molecule has 0 radical (unpaired) electrons. The van der Waals surface area contributed by atoms with Crippen LogP contribution >= 0.6 is 0 Å². The second kappa shape index (κ2) is 4.77. The number of nitrogens with one attached hydrogen (secondary N) is 1. The summed E-state index contributed by atoms with van der Waals surface area (Å²) in [4.78, 5) is 2.88. The van der Waals surface area contributed by atoms with E-state index in [-0.39, 0.29) is 5.56 Å². The number of alkyl halides is 3. The van der Waals surface area contributed by atoms with Gasteiger partial charge in [-0.15, -0.1) is 0 Å². The van der Waals surface area contributed by atoms with Gasteiger partial charge in [0.1, 0.15) is 0 Å². The zero-order valence-corrected chi connectivity index (χ0v) is 11.8. The van der Waals surface area contributed by atoms with Crippen LogP contribution in [0.2, 0.25) is 0 Å². The van der Waals surface area contributed by atoms with Crippen LogP contribution in [0.5, 0.6) is 0 Å². The maximum absolute atomic E-state index is 13.1.